The van der Waals surface area contributed by atoms with E-state index in [-0.39, 0.29) is 17.2 Å². The normalized spacial score (nSPS) is 11.5. The molecular weight excluding hydrogens is 364 g/mol. The summed E-state index contributed by atoms with van der Waals surface area (Å²) in [7, 11) is 0. The number of carbonyl (C=O) groups is 2. The summed E-state index contributed by atoms with van der Waals surface area (Å²) in [6.07, 6.45) is 0.647. The molecule has 0 aliphatic heterocycles. The van der Waals surface area contributed by atoms with Gasteiger partial charge in [-0.3, -0.25) is 9.59 Å². The summed E-state index contributed by atoms with van der Waals surface area (Å²) in [6.45, 7) is 2.00. The molecule has 5 nitrogen and oxygen atoms in total. The molecular formula is C24H24N2O3. The van der Waals surface area contributed by atoms with Crippen LogP contribution in [0.5, 0.6) is 5.75 Å². The Labute approximate surface area is 170 Å². The van der Waals surface area contributed by atoms with Gasteiger partial charge < -0.3 is 15.7 Å². The molecule has 3 N–H and O–H groups in total. The molecule has 0 aliphatic carbocycles. The lowest BCUT2D eigenvalue weighted by Crippen LogP contribution is -2.44. The number of aromatic hydroxyl groups is 1. The van der Waals surface area contributed by atoms with Gasteiger partial charge in [-0.05, 0) is 42.2 Å². The lowest BCUT2D eigenvalue weighted by atomic mass is 10.0. The van der Waals surface area contributed by atoms with Crippen molar-refractivity contribution in [2.75, 3.05) is 0 Å². The van der Waals surface area contributed by atoms with Crippen molar-refractivity contribution in [3.05, 3.63) is 101 Å². The summed E-state index contributed by atoms with van der Waals surface area (Å²) in [5.41, 5.74) is 3.14. The molecule has 1 atom stereocenters. The lowest BCUT2D eigenvalue weighted by molar-refractivity contribution is -0.122. The van der Waals surface area contributed by atoms with Crippen LogP contribution in [0.1, 0.15) is 34.0 Å². The van der Waals surface area contributed by atoms with E-state index >= 15 is 0 Å². The first-order valence-corrected chi connectivity index (χ1v) is 9.51. The molecule has 0 spiro atoms. The first kappa shape index (κ1) is 20.1. The van der Waals surface area contributed by atoms with Crippen LogP contribution >= 0.6 is 0 Å². The molecule has 2 amide bonds. The molecule has 148 valence electrons. The topological polar surface area (TPSA) is 78.4 Å². The second-order valence-corrected chi connectivity index (χ2v) is 6.91. The largest absolute Gasteiger partial charge is 0.507 e. The Morgan fingerprint density at radius 2 is 1.48 bits per heavy atom. The Bertz CT molecular complexity index is 972. The van der Waals surface area contributed by atoms with Gasteiger partial charge in [-0.25, -0.2) is 0 Å². The minimum absolute atomic E-state index is 0.115. The van der Waals surface area contributed by atoms with E-state index in [9.17, 15) is 14.7 Å². The van der Waals surface area contributed by atoms with E-state index in [1.807, 2.05) is 60.7 Å². The molecule has 0 radical (unpaired) electrons. The highest BCUT2D eigenvalue weighted by Crippen LogP contribution is 2.20. The second-order valence-electron chi connectivity index (χ2n) is 6.91. The molecule has 0 aromatic heterocycles. The number of phenolic OH excluding ortho intramolecular Hbond substituents is 1. The summed E-state index contributed by atoms with van der Waals surface area (Å²) in [6, 6.07) is 23.6. The van der Waals surface area contributed by atoms with Gasteiger partial charge in [0.2, 0.25) is 5.91 Å². The first-order chi connectivity index (χ1) is 14.0. The molecule has 3 aromatic carbocycles. The maximum atomic E-state index is 12.6. The molecule has 0 fully saturated rings. The monoisotopic (exact) mass is 388 g/mol. The van der Waals surface area contributed by atoms with E-state index in [0.717, 1.165) is 16.7 Å². The number of carbonyl (C=O) groups excluding carboxylic acids is 2. The molecule has 0 aliphatic rings. The SMILES string of the molecule is CC(NC(=O)c1cc(Cc2ccccc2)ccc1O)C(=O)NCc1ccccc1. The van der Waals surface area contributed by atoms with Crippen molar-refractivity contribution in [2.24, 2.45) is 0 Å². The summed E-state index contributed by atoms with van der Waals surface area (Å²) in [5.74, 6) is -0.891. The van der Waals surface area contributed by atoms with Crippen molar-refractivity contribution < 1.29 is 14.7 Å². The maximum Gasteiger partial charge on any atom is 0.255 e. The Morgan fingerprint density at radius 1 is 0.862 bits per heavy atom. The highest BCUT2D eigenvalue weighted by atomic mass is 16.3. The molecule has 0 saturated carbocycles. The van der Waals surface area contributed by atoms with Gasteiger partial charge in [0, 0.05) is 6.54 Å². The van der Waals surface area contributed by atoms with Crippen LogP contribution in [0.25, 0.3) is 0 Å². The quantitative estimate of drug-likeness (QED) is 0.580. The summed E-state index contributed by atoms with van der Waals surface area (Å²) >= 11 is 0. The van der Waals surface area contributed by atoms with Crippen LogP contribution in [0.2, 0.25) is 0 Å². The zero-order valence-electron chi connectivity index (χ0n) is 16.3. The van der Waals surface area contributed by atoms with E-state index < -0.39 is 11.9 Å². The maximum absolute atomic E-state index is 12.6. The van der Waals surface area contributed by atoms with Gasteiger partial charge in [-0.15, -0.1) is 0 Å². The highest BCUT2D eigenvalue weighted by molar-refractivity contribution is 5.99. The van der Waals surface area contributed by atoms with E-state index in [2.05, 4.69) is 10.6 Å². The van der Waals surface area contributed by atoms with Gasteiger partial charge in [0.05, 0.1) is 5.56 Å². The Balaban J connectivity index is 1.61. The van der Waals surface area contributed by atoms with Crippen LogP contribution in [0.15, 0.2) is 78.9 Å². The van der Waals surface area contributed by atoms with Crippen molar-refractivity contribution >= 4 is 11.8 Å². The summed E-state index contributed by atoms with van der Waals surface area (Å²) < 4.78 is 0. The molecule has 3 rings (SSSR count). The molecule has 29 heavy (non-hydrogen) atoms. The van der Waals surface area contributed by atoms with Gasteiger partial charge in [0.1, 0.15) is 11.8 Å². The molecule has 3 aromatic rings. The van der Waals surface area contributed by atoms with E-state index in [0.29, 0.717) is 13.0 Å². The van der Waals surface area contributed by atoms with Crippen LogP contribution in [0.3, 0.4) is 0 Å². The van der Waals surface area contributed by atoms with Crippen molar-refractivity contribution in [1.29, 1.82) is 0 Å². The standard InChI is InChI=1S/C24H24N2O3/c1-17(23(28)25-16-19-10-6-3-7-11-19)26-24(29)21-15-20(12-13-22(21)27)14-18-8-4-2-5-9-18/h2-13,15,17,27H,14,16H2,1H3,(H,25,28)(H,26,29). The summed E-state index contributed by atoms with van der Waals surface area (Å²) in [5, 5.41) is 15.6. The van der Waals surface area contributed by atoms with Crippen molar-refractivity contribution in [3.8, 4) is 5.75 Å². The molecule has 0 heterocycles. The lowest BCUT2D eigenvalue weighted by Gasteiger charge is -2.15. The van der Waals surface area contributed by atoms with Gasteiger partial charge >= 0.3 is 0 Å². The Kier molecular flexibility index (Phi) is 6.63. The van der Waals surface area contributed by atoms with Gasteiger partial charge in [0.15, 0.2) is 0 Å². The molecule has 0 bridgehead atoms. The Hall–Kier alpha value is -3.60. The van der Waals surface area contributed by atoms with Crippen molar-refractivity contribution in [1.82, 2.24) is 10.6 Å². The molecule has 5 heteroatoms. The highest BCUT2D eigenvalue weighted by Gasteiger charge is 2.19. The third-order valence-corrected chi connectivity index (χ3v) is 4.61. The average molecular weight is 388 g/mol. The smallest absolute Gasteiger partial charge is 0.255 e. The minimum Gasteiger partial charge on any atom is -0.507 e. The fraction of sp³-hybridized carbons (Fsp3) is 0.167. The number of nitrogens with one attached hydrogen (secondary N) is 2. The van der Waals surface area contributed by atoms with Crippen LogP contribution in [0.4, 0.5) is 0 Å². The third-order valence-electron chi connectivity index (χ3n) is 4.61. The van der Waals surface area contributed by atoms with E-state index in [4.69, 9.17) is 0 Å². The number of phenols is 1. The number of benzene rings is 3. The zero-order chi connectivity index (χ0) is 20.6. The van der Waals surface area contributed by atoms with Crippen LogP contribution in [-0.4, -0.2) is 23.0 Å². The predicted molar refractivity (Wildman–Crippen MR) is 113 cm³/mol. The predicted octanol–water partition coefficient (Wildman–Crippen LogP) is 3.42. The van der Waals surface area contributed by atoms with Crippen LogP contribution < -0.4 is 10.6 Å². The second kappa shape index (κ2) is 9.55. The number of hydrogen-bond acceptors (Lipinski definition) is 3. The number of amides is 2. The van der Waals surface area contributed by atoms with Gasteiger partial charge in [-0.2, -0.15) is 0 Å². The fourth-order valence-electron chi connectivity index (χ4n) is 2.98. The number of hydrogen-bond donors (Lipinski definition) is 3. The number of rotatable bonds is 7. The minimum atomic E-state index is -0.733. The van der Waals surface area contributed by atoms with Crippen LogP contribution in [-0.2, 0) is 17.8 Å². The average Bonchev–Trinajstić information content (AvgIpc) is 2.74. The van der Waals surface area contributed by atoms with Gasteiger partial charge in [-0.1, -0.05) is 66.7 Å². The fourth-order valence-corrected chi connectivity index (χ4v) is 2.98. The first-order valence-electron chi connectivity index (χ1n) is 9.51. The van der Waals surface area contributed by atoms with E-state index in [1.54, 1.807) is 19.1 Å². The zero-order valence-corrected chi connectivity index (χ0v) is 16.3. The van der Waals surface area contributed by atoms with Gasteiger partial charge in [0.25, 0.3) is 5.91 Å². The van der Waals surface area contributed by atoms with Crippen molar-refractivity contribution in [2.45, 2.75) is 25.9 Å². The van der Waals surface area contributed by atoms with Crippen LogP contribution in [0, 0.1) is 0 Å². The summed E-state index contributed by atoms with van der Waals surface area (Å²) in [4.78, 5) is 24.9. The molecule has 0 saturated heterocycles. The van der Waals surface area contributed by atoms with E-state index in [1.165, 1.54) is 6.07 Å². The Morgan fingerprint density at radius 3 is 2.14 bits per heavy atom. The van der Waals surface area contributed by atoms with Crippen molar-refractivity contribution in [3.63, 3.8) is 0 Å². The molecule has 1 unspecified atom stereocenters. The third kappa shape index (κ3) is 5.69.